The third-order valence-electron chi connectivity index (χ3n) is 7.50. The van der Waals surface area contributed by atoms with E-state index in [4.69, 9.17) is 34.0 Å². The molecule has 2 aromatic rings. The van der Waals surface area contributed by atoms with Crippen LogP contribution in [0, 0.1) is 17.0 Å². The van der Waals surface area contributed by atoms with Gasteiger partial charge in [0, 0.05) is 29.1 Å². The summed E-state index contributed by atoms with van der Waals surface area (Å²) in [5.74, 6) is -2.92. The highest BCUT2D eigenvalue weighted by atomic mass is 35.5. The molecule has 3 rings (SSSR count). The van der Waals surface area contributed by atoms with Crippen LogP contribution in [0.15, 0.2) is 36.4 Å². The van der Waals surface area contributed by atoms with Crippen molar-refractivity contribution >= 4 is 29.1 Å². The summed E-state index contributed by atoms with van der Waals surface area (Å²) in [4.78, 5) is 13.5. The van der Waals surface area contributed by atoms with Gasteiger partial charge >= 0.3 is 0 Å². The SMILES string of the molecule is CCC(C)(C)C[C@@H]1N[C@@H](C(=O)NCC[C@H](O)CO)[C@H](c2cccc(Cl)c2F)[C@@]1(N)c1ccc(Cl)cc1F. The molecule has 6 nitrogen and oxygen atoms in total. The fourth-order valence-corrected chi connectivity index (χ4v) is 5.39. The van der Waals surface area contributed by atoms with Crippen LogP contribution in [0.25, 0.3) is 0 Å². The fraction of sp³-hybridized carbons (Fsp3) is 0.519. The number of carbonyl (C=O) groups is 1. The summed E-state index contributed by atoms with van der Waals surface area (Å²) in [5.41, 5.74) is 5.55. The van der Waals surface area contributed by atoms with Crippen molar-refractivity contribution in [3.63, 3.8) is 0 Å². The van der Waals surface area contributed by atoms with Crippen LogP contribution in [-0.2, 0) is 10.3 Å². The third-order valence-corrected chi connectivity index (χ3v) is 8.03. The Labute approximate surface area is 226 Å². The van der Waals surface area contributed by atoms with Crippen LogP contribution < -0.4 is 16.4 Å². The maximum absolute atomic E-state index is 15.5. The molecule has 0 spiro atoms. The molecular formula is C27H35Cl2F2N3O3. The predicted molar refractivity (Wildman–Crippen MR) is 142 cm³/mol. The van der Waals surface area contributed by atoms with Crippen LogP contribution in [-0.4, -0.2) is 47.5 Å². The second-order valence-corrected chi connectivity index (χ2v) is 11.4. The fourth-order valence-electron chi connectivity index (χ4n) is 5.05. The van der Waals surface area contributed by atoms with E-state index in [1.165, 1.54) is 24.3 Å². The first-order valence-corrected chi connectivity index (χ1v) is 13.1. The van der Waals surface area contributed by atoms with Gasteiger partial charge in [-0.3, -0.25) is 4.79 Å². The summed E-state index contributed by atoms with van der Waals surface area (Å²) < 4.78 is 31.0. The number of hydrogen-bond donors (Lipinski definition) is 5. The number of rotatable bonds is 10. The highest BCUT2D eigenvalue weighted by Gasteiger charge is 2.58. The van der Waals surface area contributed by atoms with Crippen molar-refractivity contribution in [3.8, 4) is 0 Å². The van der Waals surface area contributed by atoms with Crippen LogP contribution in [0.4, 0.5) is 8.78 Å². The Kier molecular flexibility index (Phi) is 9.59. The van der Waals surface area contributed by atoms with Gasteiger partial charge in [-0.2, -0.15) is 0 Å². The van der Waals surface area contributed by atoms with Gasteiger partial charge in [0.1, 0.15) is 11.6 Å². The lowest BCUT2D eigenvalue weighted by molar-refractivity contribution is -0.123. The van der Waals surface area contributed by atoms with E-state index in [0.29, 0.717) is 6.42 Å². The van der Waals surface area contributed by atoms with E-state index in [1.807, 2.05) is 20.8 Å². The molecule has 0 unspecified atom stereocenters. The Morgan fingerprint density at radius 3 is 2.59 bits per heavy atom. The molecule has 204 valence electrons. The van der Waals surface area contributed by atoms with Gasteiger partial charge in [0.05, 0.1) is 29.3 Å². The van der Waals surface area contributed by atoms with Gasteiger partial charge in [-0.25, -0.2) is 8.78 Å². The number of hydrogen-bond acceptors (Lipinski definition) is 5. The quantitative estimate of drug-likeness (QED) is 0.300. The van der Waals surface area contributed by atoms with Crippen molar-refractivity contribution in [1.29, 1.82) is 0 Å². The number of carbonyl (C=O) groups excluding carboxylic acids is 1. The molecular weight excluding hydrogens is 523 g/mol. The molecule has 0 radical (unpaired) electrons. The summed E-state index contributed by atoms with van der Waals surface area (Å²) in [7, 11) is 0. The molecule has 6 N–H and O–H groups in total. The number of aliphatic hydroxyl groups excluding tert-OH is 2. The van der Waals surface area contributed by atoms with E-state index in [0.717, 1.165) is 12.5 Å². The monoisotopic (exact) mass is 557 g/mol. The number of aliphatic hydroxyl groups is 2. The Hall–Kier alpha value is -1.81. The van der Waals surface area contributed by atoms with Gasteiger partial charge < -0.3 is 26.6 Å². The molecule has 1 fully saturated rings. The second kappa shape index (κ2) is 11.9. The van der Waals surface area contributed by atoms with E-state index in [2.05, 4.69) is 10.6 Å². The summed E-state index contributed by atoms with van der Waals surface area (Å²) >= 11 is 12.2. The molecule has 1 aliphatic heterocycles. The molecule has 2 aromatic carbocycles. The Morgan fingerprint density at radius 1 is 1.27 bits per heavy atom. The van der Waals surface area contributed by atoms with Gasteiger partial charge in [0.15, 0.2) is 0 Å². The highest BCUT2D eigenvalue weighted by Crippen LogP contribution is 2.50. The van der Waals surface area contributed by atoms with Crippen molar-refractivity contribution in [2.75, 3.05) is 13.2 Å². The van der Waals surface area contributed by atoms with E-state index >= 15 is 8.78 Å². The van der Waals surface area contributed by atoms with Crippen LogP contribution in [0.2, 0.25) is 10.0 Å². The van der Waals surface area contributed by atoms with Crippen molar-refractivity contribution < 1.29 is 23.8 Å². The van der Waals surface area contributed by atoms with Crippen molar-refractivity contribution in [1.82, 2.24) is 10.6 Å². The highest BCUT2D eigenvalue weighted by molar-refractivity contribution is 6.31. The summed E-state index contributed by atoms with van der Waals surface area (Å²) in [6.45, 7) is 5.75. The lowest BCUT2D eigenvalue weighted by Gasteiger charge is -2.40. The Morgan fingerprint density at radius 2 is 1.97 bits per heavy atom. The zero-order chi connectivity index (χ0) is 27.5. The van der Waals surface area contributed by atoms with Crippen LogP contribution in [0.5, 0.6) is 0 Å². The summed E-state index contributed by atoms with van der Waals surface area (Å²) in [5, 5.41) is 24.8. The second-order valence-electron chi connectivity index (χ2n) is 10.5. The van der Waals surface area contributed by atoms with Crippen LogP contribution in [0.1, 0.15) is 57.1 Å². The van der Waals surface area contributed by atoms with E-state index in [-0.39, 0.29) is 39.6 Å². The molecule has 1 heterocycles. The van der Waals surface area contributed by atoms with Crippen LogP contribution in [0.3, 0.4) is 0 Å². The van der Waals surface area contributed by atoms with Gasteiger partial charge in [0.2, 0.25) is 5.91 Å². The van der Waals surface area contributed by atoms with Gasteiger partial charge in [-0.05, 0) is 42.0 Å². The molecule has 1 saturated heterocycles. The zero-order valence-corrected chi connectivity index (χ0v) is 22.7. The average Bonchev–Trinajstić information content (AvgIpc) is 3.12. The van der Waals surface area contributed by atoms with Gasteiger partial charge in [-0.15, -0.1) is 0 Å². The van der Waals surface area contributed by atoms with Gasteiger partial charge in [0.25, 0.3) is 0 Å². The number of halogens is 4. The molecule has 1 amide bonds. The van der Waals surface area contributed by atoms with Crippen LogP contribution >= 0.6 is 23.2 Å². The molecule has 0 bridgehead atoms. The minimum Gasteiger partial charge on any atom is -0.394 e. The Balaban J connectivity index is 2.18. The zero-order valence-electron chi connectivity index (χ0n) is 21.2. The number of benzene rings is 2. The van der Waals surface area contributed by atoms with Crippen molar-refractivity contribution in [2.45, 2.75) is 69.7 Å². The third kappa shape index (κ3) is 6.27. The van der Waals surface area contributed by atoms with E-state index < -0.39 is 53.8 Å². The first-order chi connectivity index (χ1) is 17.4. The van der Waals surface area contributed by atoms with Gasteiger partial charge in [-0.1, -0.05) is 68.6 Å². The predicted octanol–water partition coefficient (Wildman–Crippen LogP) is 4.24. The largest absolute Gasteiger partial charge is 0.394 e. The normalized spacial score (nSPS) is 24.8. The standard InChI is InChI=1S/C27H35Cl2F2N3O3/c1-4-26(2,3)13-21-27(32,18-9-8-15(28)12-20(18)30)22(17-6-5-7-19(29)23(17)31)24(34-21)25(37)33-11-10-16(36)14-35/h5-9,12,16,21-22,24,34-36H,4,10-11,13-14,32H2,1-3H3,(H,33,37)/t16-,21-,22-,24+,27+/m0/s1. The molecule has 0 aliphatic carbocycles. The van der Waals surface area contributed by atoms with Crippen molar-refractivity contribution in [3.05, 3.63) is 69.2 Å². The smallest absolute Gasteiger partial charge is 0.237 e. The first kappa shape index (κ1) is 29.7. The minimum atomic E-state index is -1.56. The molecule has 37 heavy (non-hydrogen) atoms. The summed E-state index contributed by atoms with van der Waals surface area (Å²) in [6, 6.07) is 6.96. The first-order valence-electron chi connectivity index (χ1n) is 12.4. The minimum absolute atomic E-state index is 0.0709. The van der Waals surface area contributed by atoms with Crippen molar-refractivity contribution in [2.24, 2.45) is 11.1 Å². The number of amides is 1. The molecule has 10 heteroatoms. The number of nitrogens with two attached hydrogens (primary N) is 1. The molecule has 0 saturated carbocycles. The average molecular weight is 558 g/mol. The lowest BCUT2D eigenvalue weighted by atomic mass is 9.67. The number of nitrogens with one attached hydrogen (secondary N) is 2. The Bertz CT molecular complexity index is 1120. The lowest BCUT2D eigenvalue weighted by Crippen LogP contribution is -2.52. The maximum atomic E-state index is 15.5. The molecule has 0 aromatic heterocycles. The molecule has 1 aliphatic rings. The molecule has 5 atom stereocenters. The van der Waals surface area contributed by atoms with E-state index in [1.54, 1.807) is 6.07 Å². The van der Waals surface area contributed by atoms with E-state index in [9.17, 15) is 9.90 Å². The summed E-state index contributed by atoms with van der Waals surface area (Å²) in [6.07, 6.45) is 0.384. The maximum Gasteiger partial charge on any atom is 0.237 e. The topological polar surface area (TPSA) is 108 Å².